The molecule has 0 atom stereocenters. The Labute approximate surface area is 97.2 Å². The van der Waals surface area contributed by atoms with Gasteiger partial charge in [-0.2, -0.15) is 0 Å². The monoisotopic (exact) mass is 217 g/mol. The van der Waals surface area contributed by atoms with E-state index in [9.17, 15) is 0 Å². The van der Waals surface area contributed by atoms with Gasteiger partial charge in [0.15, 0.2) is 0 Å². The maximum atomic E-state index is 4.62. The van der Waals surface area contributed by atoms with Crippen molar-refractivity contribution in [3.63, 3.8) is 0 Å². The number of nitrogens with zero attached hydrogens (tertiary/aromatic N) is 2. The van der Waals surface area contributed by atoms with Crippen LogP contribution in [0.2, 0.25) is 0 Å². The fraction of sp³-hybridized carbons (Fsp3) is 0.462. The molecule has 1 aromatic carbocycles. The van der Waals surface area contributed by atoms with E-state index in [1.165, 1.54) is 11.1 Å². The lowest BCUT2D eigenvalue weighted by Gasteiger charge is -2.21. The molecule has 1 aliphatic rings. The smallest absolute Gasteiger partial charge is 0.131 e. The molecule has 86 valence electrons. The van der Waals surface area contributed by atoms with Crippen molar-refractivity contribution in [3.8, 4) is 0 Å². The molecule has 0 saturated heterocycles. The standard InChI is InChI=1S/C13H19N3/c1-11-5-3-4-6-12(11)13-15-8-10-16(13)9-7-14-2/h3-6,14H,7-10H2,1-2H3. The maximum Gasteiger partial charge on any atom is 0.131 e. The largest absolute Gasteiger partial charge is 0.353 e. The molecule has 0 radical (unpaired) electrons. The molecule has 0 bridgehead atoms. The summed E-state index contributed by atoms with van der Waals surface area (Å²) < 4.78 is 0. The second-order valence-electron chi connectivity index (χ2n) is 4.11. The zero-order chi connectivity index (χ0) is 11.4. The van der Waals surface area contributed by atoms with Crippen LogP contribution in [0.25, 0.3) is 0 Å². The first-order valence-electron chi connectivity index (χ1n) is 5.83. The van der Waals surface area contributed by atoms with Crippen molar-refractivity contribution >= 4 is 5.84 Å². The molecule has 0 spiro atoms. The fourth-order valence-electron chi connectivity index (χ4n) is 2.03. The van der Waals surface area contributed by atoms with Crippen LogP contribution in [0.4, 0.5) is 0 Å². The van der Waals surface area contributed by atoms with Crippen LogP contribution in [-0.2, 0) is 0 Å². The van der Waals surface area contributed by atoms with Crippen LogP contribution in [0.5, 0.6) is 0 Å². The molecule has 16 heavy (non-hydrogen) atoms. The predicted octanol–water partition coefficient (Wildman–Crippen LogP) is 1.28. The van der Waals surface area contributed by atoms with Crippen molar-refractivity contribution in [2.75, 3.05) is 33.2 Å². The van der Waals surface area contributed by atoms with Crippen LogP contribution in [0.15, 0.2) is 29.3 Å². The molecule has 1 N–H and O–H groups in total. The van der Waals surface area contributed by atoms with Crippen LogP contribution in [0.3, 0.4) is 0 Å². The lowest BCUT2D eigenvalue weighted by atomic mass is 10.1. The summed E-state index contributed by atoms with van der Waals surface area (Å²) in [7, 11) is 1.99. The lowest BCUT2D eigenvalue weighted by Crippen LogP contribution is -2.34. The van der Waals surface area contributed by atoms with Gasteiger partial charge in [-0.25, -0.2) is 0 Å². The number of hydrogen-bond acceptors (Lipinski definition) is 3. The number of hydrogen-bond donors (Lipinski definition) is 1. The van der Waals surface area contributed by atoms with Crippen LogP contribution < -0.4 is 5.32 Å². The molecular formula is C13H19N3. The Bertz CT molecular complexity index is 385. The molecule has 3 nitrogen and oxygen atoms in total. The Kier molecular flexibility index (Phi) is 3.57. The van der Waals surface area contributed by atoms with E-state index >= 15 is 0 Å². The van der Waals surface area contributed by atoms with E-state index < -0.39 is 0 Å². The second-order valence-corrected chi connectivity index (χ2v) is 4.11. The number of benzene rings is 1. The third-order valence-corrected chi connectivity index (χ3v) is 2.95. The van der Waals surface area contributed by atoms with Gasteiger partial charge < -0.3 is 10.2 Å². The minimum absolute atomic E-state index is 0.924. The molecule has 0 unspecified atom stereocenters. The van der Waals surface area contributed by atoms with Gasteiger partial charge in [-0.15, -0.1) is 0 Å². The van der Waals surface area contributed by atoms with Gasteiger partial charge in [-0.3, -0.25) is 4.99 Å². The maximum absolute atomic E-state index is 4.62. The Morgan fingerprint density at radius 1 is 1.38 bits per heavy atom. The van der Waals surface area contributed by atoms with Gasteiger partial charge in [-0.1, -0.05) is 24.3 Å². The van der Waals surface area contributed by atoms with Crippen LogP contribution >= 0.6 is 0 Å². The summed E-state index contributed by atoms with van der Waals surface area (Å²) in [6.07, 6.45) is 0. The first-order valence-corrected chi connectivity index (χ1v) is 5.83. The summed E-state index contributed by atoms with van der Waals surface area (Å²) in [5.41, 5.74) is 2.58. The van der Waals surface area contributed by atoms with E-state index in [-0.39, 0.29) is 0 Å². The van der Waals surface area contributed by atoms with E-state index in [0.717, 1.165) is 32.0 Å². The normalized spacial score (nSPS) is 15.4. The van der Waals surface area contributed by atoms with Gasteiger partial charge in [0.25, 0.3) is 0 Å². The number of aryl methyl sites for hydroxylation is 1. The SMILES string of the molecule is CNCCN1CCN=C1c1ccccc1C. The van der Waals surface area contributed by atoms with Crippen molar-refractivity contribution in [2.45, 2.75) is 6.92 Å². The summed E-state index contributed by atoms with van der Waals surface area (Å²) in [6.45, 7) is 6.15. The Balaban J connectivity index is 2.17. The highest BCUT2D eigenvalue weighted by molar-refractivity contribution is 6.00. The quantitative estimate of drug-likeness (QED) is 0.822. The zero-order valence-corrected chi connectivity index (χ0v) is 10.0. The lowest BCUT2D eigenvalue weighted by molar-refractivity contribution is 0.453. The average molecular weight is 217 g/mol. The highest BCUT2D eigenvalue weighted by Gasteiger charge is 2.18. The van der Waals surface area contributed by atoms with E-state index in [0.29, 0.717) is 0 Å². The van der Waals surface area contributed by atoms with E-state index in [2.05, 4.69) is 46.4 Å². The third-order valence-electron chi connectivity index (χ3n) is 2.95. The molecule has 3 heteroatoms. The number of rotatable bonds is 4. The average Bonchev–Trinajstić information content (AvgIpc) is 2.75. The van der Waals surface area contributed by atoms with E-state index in [1.807, 2.05) is 7.05 Å². The summed E-state index contributed by atoms with van der Waals surface area (Å²) in [5, 5.41) is 3.18. The molecule has 0 amide bonds. The van der Waals surface area contributed by atoms with Crippen molar-refractivity contribution in [1.82, 2.24) is 10.2 Å². The van der Waals surface area contributed by atoms with Gasteiger partial charge in [0, 0.05) is 25.2 Å². The molecule has 2 rings (SSSR count). The summed E-state index contributed by atoms with van der Waals surface area (Å²) in [4.78, 5) is 6.98. The van der Waals surface area contributed by atoms with Crippen molar-refractivity contribution in [3.05, 3.63) is 35.4 Å². The molecular weight excluding hydrogens is 198 g/mol. The second kappa shape index (κ2) is 5.12. The first-order chi connectivity index (χ1) is 7.83. The zero-order valence-electron chi connectivity index (χ0n) is 10.0. The van der Waals surface area contributed by atoms with Crippen molar-refractivity contribution in [2.24, 2.45) is 4.99 Å². The topological polar surface area (TPSA) is 27.6 Å². The first kappa shape index (κ1) is 11.1. The fourth-order valence-corrected chi connectivity index (χ4v) is 2.03. The minimum atomic E-state index is 0.924. The molecule has 0 aliphatic carbocycles. The summed E-state index contributed by atoms with van der Waals surface area (Å²) in [6, 6.07) is 8.46. The Hall–Kier alpha value is -1.35. The minimum Gasteiger partial charge on any atom is -0.353 e. The van der Waals surface area contributed by atoms with Crippen LogP contribution in [0, 0.1) is 6.92 Å². The van der Waals surface area contributed by atoms with Gasteiger partial charge >= 0.3 is 0 Å². The molecule has 0 saturated carbocycles. The predicted molar refractivity (Wildman–Crippen MR) is 68.1 cm³/mol. The number of aliphatic imine (C=N–C) groups is 1. The van der Waals surface area contributed by atoms with E-state index in [4.69, 9.17) is 0 Å². The number of amidine groups is 1. The Morgan fingerprint density at radius 3 is 2.94 bits per heavy atom. The molecule has 1 aromatic rings. The van der Waals surface area contributed by atoms with Crippen molar-refractivity contribution < 1.29 is 0 Å². The van der Waals surface area contributed by atoms with E-state index in [1.54, 1.807) is 0 Å². The highest BCUT2D eigenvalue weighted by atomic mass is 15.2. The van der Waals surface area contributed by atoms with Gasteiger partial charge in [0.2, 0.25) is 0 Å². The van der Waals surface area contributed by atoms with Crippen LogP contribution in [0.1, 0.15) is 11.1 Å². The third kappa shape index (κ3) is 2.25. The summed E-state index contributed by atoms with van der Waals surface area (Å²) >= 11 is 0. The van der Waals surface area contributed by atoms with Crippen molar-refractivity contribution in [1.29, 1.82) is 0 Å². The van der Waals surface area contributed by atoms with Gasteiger partial charge in [0.05, 0.1) is 6.54 Å². The Morgan fingerprint density at radius 2 is 2.19 bits per heavy atom. The molecule has 0 aromatic heterocycles. The van der Waals surface area contributed by atoms with Gasteiger partial charge in [0.1, 0.15) is 5.84 Å². The number of likely N-dealkylation sites (N-methyl/N-ethyl adjacent to an activating group) is 1. The summed E-state index contributed by atoms with van der Waals surface area (Å²) in [5.74, 6) is 1.16. The van der Waals surface area contributed by atoms with Crippen LogP contribution in [-0.4, -0.2) is 44.0 Å². The van der Waals surface area contributed by atoms with Gasteiger partial charge in [-0.05, 0) is 19.5 Å². The molecule has 0 fully saturated rings. The molecule has 1 heterocycles. The number of nitrogens with one attached hydrogen (secondary N) is 1. The molecule has 1 aliphatic heterocycles. The highest BCUT2D eigenvalue weighted by Crippen LogP contribution is 2.14.